The first-order chi connectivity index (χ1) is 9.66. The number of hydrogen-bond acceptors (Lipinski definition) is 3. The lowest BCUT2D eigenvalue weighted by Crippen LogP contribution is -2.44. The number of piperazine rings is 1. The number of benzene rings is 1. The normalized spacial score (nSPS) is 15.3. The molecule has 5 heteroatoms. The number of halogens is 1. The Hall–Kier alpha value is -1.10. The van der Waals surface area contributed by atoms with Crippen molar-refractivity contribution < 1.29 is 4.79 Å². The minimum absolute atomic E-state index is 0. The van der Waals surface area contributed by atoms with Gasteiger partial charge >= 0.3 is 0 Å². The minimum Gasteiger partial charge on any atom is -0.352 e. The highest BCUT2D eigenvalue weighted by molar-refractivity contribution is 5.95. The number of carbonyl (C=O) groups is 1. The summed E-state index contributed by atoms with van der Waals surface area (Å²) in [6.45, 7) is 10.2. The summed E-state index contributed by atoms with van der Waals surface area (Å²) in [6.07, 6.45) is 1.01. The summed E-state index contributed by atoms with van der Waals surface area (Å²) in [6, 6.07) is 6.00. The summed E-state index contributed by atoms with van der Waals surface area (Å²) in [5, 5.41) is 6.37. The van der Waals surface area contributed by atoms with Gasteiger partial charge in [-0.05, 0) is 38.4 Å². The molecule has 0 unspecified atom stereocenters. The number of amides is 1. The molecule has 1 fully saturated rings. The van der Waals surface area contributed by atoms with Crippen molar-refractivity contribution in [2.45, 2.75) is 20.3 Å². The fourth-order valence-corrected chi connectivity index (χ4v) is 2.52. The van der Waals surface area contributed by atoms with Gasteiger partial charge in [0.25, 0.3) is 5.91 Å². The predicted octanol–water partition coefficient (Wildman–Crippen LogP) is 1.75. The number of hydrogen-bond donors (Lipinski definition) is 2. The van der Waals surface area contributed by atoms with Crippen LogP contribution in [0.2, 0.25) is 0 Å². The lowest BCUT2D eigenvalue weighted by Gasteiger charge is -2.27. The van der Waals surface area contributed by atoms with Gasteiger partial charge in [0.05, 0.1) is 0 Å². The predicted molar refractivity (Wildman–Crippen MR) is 89.4 cm³/mol. The summed E-state index contributed by atoms with van der Waals surface area (Å²) in [5.41, 5.74) is 2.96. The summed E-state index contributed by atoms with van der Waals surface area (Å²) in [7, 11) is 0. The molecular formula is C16H26ClN3O. The maximum absolute atomic E-state index is 12.1. The van der Waals surface area contributed by atoms with E-state index in [1.165, 1.54) is 0 Å². The van der Waals surface area contributed by atoms with Crippen molar-refractivity contribution in [1.82, 2.24) is 15.5 Å². The lowest BCUT2D eigenvalue weighted by atomic mass is 10.1. The molecule has 118 valence electrons. The maximum Gasteiger partial charge on any atom is 0.251 e. The van der Waals surface area contributed by atoms with Gasteiger partial charge in [-0.1, -0.05) is 17.7 Å². The van der Waals surface area contributed by atoms with Crippen molar-refractivity contribution in [2.75, 3.05) is 39.3 Å². The molecule has 1 heterocycles. The number of nitrogens with one attached hydrogen (secondary N) is 2. The van der Waals surface area contributed by atoms with Crippen molar-refractivity contribution >= 4 is 18.3 Å². The third-order valence-electron chi connectivity index (χ3n) is 3.78. The summed E-state index contributed by atoms with van der Waals surface area (Å²) in [4.78, 5) is 14.6. The van der Waals surface area contributed by atoms with Gasteiger partial charge < -0.3 is 15.5 Å². The second kappa shape index (κ2) is 9.03. The molecule has 1 aliphatic rings. The van der Waals surface area contributed by atoms with Gasteiger partial charge in [-0.25, -0.2) is 0 Å². The Bertz CT molecular complexity index is 459. The molecule has 21 heavy (non-hydrogen) atoms. The Morgan fingerprint density at radius 2 is 2.00 bits per heavy atom. The lowest BCUT2D eigenvalue weighted by molar-refractivity contribution is 0.0950. The number of rotatable bonds is 5. The van der Waals surface area contributed by atoms with Crippen LogP contribution in [-0.2, 0) is 0 Å². The van der Waals surface area contributed by atoms with Crippen molar-refractivity contribution in [3.05, 3.63) is 34.9 Å². The molecular weight excluding hydrogens is 286 g/mol. The van der Waals surface area contributed by atoms with Gasteiger partial charge in [-0.2, -0.15) is 0 Å². The average Bonchev–Trinajstić information content (AvgIpc) is 2.47. The van der Waals surface area contributed by atoms with Gasteiger partial charge in [-0.15, -0.1) is 12.4 Å². The quantitative estimate of drug-likeness (QED) is 0.814. The van der Waals surface area contributed by atoms with Crippen LogP contribution >= 0.6 is 12.4 Å². The molecule has 2 rings (SSSR count). The maximum atomic E-state index is 12.1. The Labute approximate surface area is 133 Å². The van der Waals surface area contributed by atoms with E-state index >= 15 is 0 Å². The zero-order valence-electron chi connectivity index (χ0n) is 12.9. The fourth-order valence-electron chi connectivity index (χ4n) is 2.52. The van der Waals surface area contributed by atoms with Crippen LogP contribution in [0.3, 0.4) is 0 Å². The molecule has 1 aliphatic heterocycles. The topological polar surface area (TPSA) is 44.4 Å². The highest BCUT2D eigenvalue weighted by Gasteiger charge is 2.10. The highest BCUT2D eigenvalue weighted by atomic mass is 35.5. The van der Waals surface area contributed by atoms with Crippen LogP contribution in [0, 0.1) is 13.8 Å². The van der Waals surface area contributed by atoms with Gasteiger partial charge in [-0.3, -0.25) is 4.79 Å². The Kier molecular flexibility index (Phi) is 7.72. The third-order valence-corrected chi connectivity index (χ3v) is 3.78. The second-order valence-electron chi connectivity index (χ2n) is 5.52. The number of nitrogens with zero attached hydrogens (tertiary/aromatic N) is 1. The third kappa shape index (κ3) is 5.65. The molecule has 0 aliphatic carbocycles. The molecule has 4 nitrogen and oxygen atoms in total. The Morgan fingerprint density at radius 1 is 1.29 bits per heavy atom. The highest BCUT2D eigenvalue weighted by Crippen LogP contribution is 2.10. The first-order valence-corrected chi connectivity index (χ1v) is 7.45. The van der Waals surface area contributed by atoms with Crippen LogP contribution in [0.5, 0.6) is 0 Å². The molecule has 1 aromatic carbocycles. The van der Waals surface area contributed by atoms with E-state index in [1.807, 2.05) is 32.0 Å². The minimum atomic E-state index is 0. The van der Waals surface area contributed by atoms with E-state index in [1.54, 1.807) is 0 Å². The average molecular weight is 312 g/mol. The summed E-state index contributed by atoms with van der Waals surface area (Å²) in [5.74, 6) is 0.0477. The summed E-state index contributed by atoms with van der Waals surface area (Å²) >= 11 is 0. The first-order valence-electron chi connectivity index (χ1n) is 7.45. The molecule has 0 aromatic heterocycles. The van der Waals surface area contributed by atoms with Crippen molar-refractivity contribution in [3.63, 3.8) is 0 Å². The molecule has 1 aromatic rings. The second-order valence-corrected chi connectivity index (χ2v) is 5.52. The molecule has 1 amide bonds. The van der Waals surface area contributed by atoms with E-state index < -0.39 is 0 Å². The van der Waals surface area contributed by atoms with E-state index in [2.05, 4.69) is 15.5 Å². The van der Waals surface area contributed by atoms with Gasteiger partial charge in [0.2, 0.25) is 0 Å². The van der Waals surface area contributed by atoms with Gasteiger partial charge in [0.1, 0.15) is 0 Å². The number of carbonyl (C=O) groups excluding carboxylic acids is 1. The van der Waals surface area contributed by atoms with E-state index in [-0.39, 0.29) is 18.3 Å². The molecule has 1 saturated heterocycles. The van der Waals surface area contributed by atoms with E-state index in [4.69, 9.17) is 0 Å². The van der Waals surface area contributed by atoms with E-state index in [0.29, 0.717) is 0 Å². The Morgan fingerprint density at radius 3 is 2.71 bits per heavy atom. The van der Waals surface area contributed by atoms with Crippen LogP contribution in [0.1, 0.15) is 27.9 Å². The van der Waals surface area contributed by atoms with Crippen molar-refractivity contribution in [2.24, 2.45) is 0 Å². The fraction of sp³-hybridized carbons (Fsp3) is 0.562. The van der Waals surface area contributed by atoms with Crippen LogP contribution in [-0.4, -0.2) is 50.1 Å². The van der Waals surface area contributed by atoms with E-state index in [9.17, 15) is 4.79 Å². The monoisotopic (exact) mass is 311 g/mol. The molecule has 2 N–H and O–H groups in total. The SMILES string of the molecule is Cc1ccc(C)c(C(=O)NCCCN2CCNCC2)c1.Cl. The van der Waals surface area contributed by atoms with Crippen LogP contribution < -0.4 is 10.6 Å². The molecule has 0 spiro atoms. The van der Waals surface area contributed by atoms with Crippen molar-refractivity contribution in [1.29, 1.82) is 0 Å². The van der Waals surface area contributed by atoms with Crippen LogP contribution in [0.15, 0.2) is 18.2 Å². The zero-order valence-corrected chi connectivity index (χ0v) is 13.8. The van der Waals surface area contributed by atoms with E-state index in [0.717, 1.165) is 62.4 Å². The largest absolute Gasteiger partial charge is 0.352 e. The molecule has 0 radical (unpaired) electrons. The van der Waals surface area contributed by atoms with Gasteiger partial charge in [0, 0.05) is 38.3 Å². The summed E-state index contributed by atoms with van der Waals surface area (Å²) < 4.78 is 0. The zero-order chi connectivity index (χ0) is 14.4. The molecule has 0 atom stereocenters. The molecule has 0 saturated carbocycles. The smallest absolute Gasteiger partial charge is 0.251 e. The van der Waals surface area contributed by atoms with Crippen LogP contribution in [0.4, 0.5) is 0 Å². The van der Waals surface area contributed by atoms with Crippen LogP contribution in [0.25, 0.3) is 0 Å². The van der Waals surface area contributed by atoms with Gasteiger partial charge in [0.15, 0.2) is 0 Å². The Balaban J connectivity index is 0.00000220. The molecule has 0 bridgehead atoms. The first kappa shape index (κ1) is 18.0. The number of aryl methyl sites for hydroxylation is 2. The van der Waals surface area contributed by atoms with Crippen molar-refractivity contribution in [3.8, 4) is 0 Å². The standard InChI is InChI=1S/C16H25N3O.ClH/c1-13-4-5-14(2)15(12-13)16(20)18-6-3-9-19-10-7-17-8-11-19;/h4-5,12,17H,3,6-11H2,1-2H3,(H,18,20);1H.